The highest BCUT2D eigenvalue weighted by Gasteiger charge is 2.22. The molecule has 0 aliphatic heterocycles. The third kappa shape index (κ3) is 1.82. The molecule has 3 heterocycles. The van der Waals surface area contributed by atoms with Crippen LogP contribution in [0.5, 0.6) is 0 Å². The number of benzene rings is 1. The summed E-state index contributed by atoms with van der Waals surface area (Å²) in [6.07, 6.45) is 3.01. The molecule has 4 aromatic rings. The molecular formula is C16H9F2N5S. The van der Waals surface area contributed by atoms with Crippen molar-refractivity contribution in [3.05, 3.63) is 41.7 Å². The van der Waals surface area contributed by atoms with Crippen molar-refractivity contribution in [1.29, 1.82) is 5.26 Å². The average Bonchev–Trinajstić information content (AvgIpc) is 3.10. The molecule has 2 N–H and O–H groups in total. The van der Waals surface area contributed by atoms with E-state index in [1.54, 1.807) is 7.05 Å². The van der Waals surface area contributed by atoms with Gasteiger partial charge in [0.05, 0.1) is 16.5 Å². The van der Waals surface area contributed by atoms with Crippen LogP contribution in [0.25, 0.3) is 32.2 Å². The third-order valence-electron chi connectivity index (χ3n) is 3.90. The molecule has 8 heteroatoms. The second-order valence-corrected chi connectivity index (χ2v) is 6.30. The number of halogens is 2. The fourth-order valence-electron chi connectivity index (χ4n) is 2.81. The van der Waals surface area contributed by atoms with Gasteiger partial charge in [-0.05, 0) is 12.1 Å². The first-order valence-electron chi connectivity index (χ1n) is 6.90. The lowest BCUT2D eigenvalue weighted by Crippen LogP contribution is -1.97. The van der Waals surface area contributed by atoms with Gasteiger partial charge in [0.1, 0.15) is 28.1 Å². The van der Waals surface area contributed by atoms with E-state index in [1.165, 1.54) is 29.2 Å². The molecule has 24 heavy (non-hydrogen) atoms. The number of nitrogen functional groups attached to an aromatic ring is 1. The molecule has 0 aliphatic rings. The lowest BCUT2D eigenvalue weighted by atomic mass is 10.0. The van der Waals surface area contributed by atoms with Crippen LogP contribution < -0.4 is 5.73 Å². The molecular weight excluding hydrogens is 332 g/mol. The Morgan fingerprint density at radius 2 is 2.08 bits per heavy atom. The number of anilines is 1. The summed E-state index contributed by atoms with van der Waals surface area (Å²) in [5, 5.41) is 14.4. The van der Waals surface area contributed by atoms with Gasteiger partial charge >= 0.3 is 0 Å². The number of hydrogen-bond acceptors (Lipinski definition) is 5. The van der Waals surface area contributed by atoms with Crippen LogP contribution >= 0.6 is 11.3 Å². The zero-order valence-electron chi connectivity index (χ0n) is 12.3. The van der Waals surface area contributed by atoms with E-state index in [1.807, 2.05) is 6.07 Å². The highest BCUT2D eigenvalue weighted by Crippen LogP contribution is 2.41. The number of fused-ring (bicyclic) bond motifs is 2. The van der Waals surface area contributed by atoms with E-state index in [-0.39, 0.29) is 26.3 Å². The molecule has 0 aliphatic carbocycles. The molecule has 118 valence electrons. The predicted molar refractivity (Wildman–Crippen MR) is 88.4 cm³/mol. The van der Waals surface area contributed by atoms with E-state index >= 15 is 0 Å². The maximum absolute atomic E-state index is 15.0. The molecule has 0 amide bonds. The molecule has 1 aromatic carbocycles. The fourth-order valence-corrected chi connectivity index (χ4v) is 3.76. The smallest absolute Gasteiger partial charge is 0.175 e. The number of nitriles is 1. The molecule has 0 atom stereocenters. The van der Waals surface area contributed by atoms with Gasteiger partial charge in [0, 0.05) is 29.6 Å². The minimum absolute atomic E-state index is 0.0328. The number of nitrogens with two attached hydrogens (primary N) is 1. The van der Waals surface area contributed by atoms with E-state index in [4.69, 9.17) is 5.73 Å². The Balaban J connectivity index is 2.15. The molecule has 0 bridgehead atoms. The number of thiophene rings is 1. The van der Waals surface area contributed by atoms with E-state index in [0.29, 0.717) is 16.5 Å². The highest BCUT2D eigenvalue weighted by molar-refractivity contribution is 7.23. The second-order valence-electron chi connectivity index (χ2n) is 5.25. The Labute approximate surface area is 138 Å². The first kappa shape index (κ1) is 14.5. The average molecular weight is 341 g/mol. The number of rotatable bonds is 1. The van der Waals surface area contributed by atoms with Crippen molar-refractivity contribution in [2.24, 2.45) is 7.05 Å². The summed E-state index contributed by atoms with van der Waals surface area (Å²) in [7, 11) is 1.62. The maximum atomic E-state index is 15.0. The Bertz CT molecular complexity index is 1170. The summed E-state index contributed by atoms with van der Waals surface area (Å²) < 4.78 is 30.7. The van der Waals surface area contributed by atoms with Crippen molar-refractivity contribution >= 4 is 37.3 Å². The van der Waals surface area contributed by atoms with Gasteiger partial charge in [-0.25, -0.2) is 8.78 Å². The van der Waals surface area contributed by atoms with Crippen LogP contribution in [0.2, 0.25) is 0 Å². The van der Waals surface area contributed by atoms with Crippen LogP contribution in [0, 0.1) is 23.0 Å². The molecule has 0 unspecified atom stereocenters. The molecule has 0 saturated carbocycles. The topological polar surface area (TPSA) is 80.5 Å². The van der Waals surface area contributed by atoms with Crippen molar-refractivity contribution < 1.29 is 8.78 Å². The molecule has 0 saturated heterocycles. The molecule has 4 rings (SSSR count). The SMILES string of the molecule is Cn1ncc2cnc(-c3ccc(F)c4sc(N)c(C#N)c34)c(F)c21. The van der Waals surface area contributed by atoms with Crippen molar-refractivity contribution in [3.63, 3.8) is 0 Å². The summed E-state index contributed by atoms with van der Waals surface area (Å²) >= 11 is 0.966. The quantitative estimate of drug-likeness (QED) is 0.574. The molecule has 0 radical (unpaired) electrons. The monoisotopic (exact) mass is 341 g/mol. The van der Waals surface area contributed by atoms with E-state index in [2.05, 4.69) is 10.1 Å². The van der Waals surface area contributed by atoms with Crippen LogP contribution in [-0.4, -0.2) is 14.8 Å². The van der Waals surface area contributed by atoms with Crippen molar-refractivity contribution in [3.8, 4) is 17.3 Å². The van der Waals surface area contributed by atoms with Gasteiger partial charge in [0.15, 0.2) is 5.82 Å². The van der Waals surface area contributed by atoms with Crippen LogP contribution in [0.4, 0.5) is 13.8 Å². The summed E-state index contributed by atoms with van der Waals surface area (Å²) in [6.45, 7) is 0. The third-order valence-corrected chi connectivity index (χ3v) is 4.93. The summed E-state index contributed by atoms with van der Waals surface area (Å²) in [5.74, 6) is -1.08. The minimum Gasteiger partial charge on any atom is -0.389 e. The van der Waals surface area contributed by atoms with Crippen LogP contribution in [0.3, 0.4) is 0 Å². The summed E-state index contributed by atoms with van der Waals surface area (Å²) in [4.78, 5) is 4.16. The Kier molecular flexibility index (Phi) is 3.01. The highest BCUT2D eigenvalue weighted by atomic mass is 32.1. The standard InChI is InChI=1S/C16H9F2N5S/c1-23-14-7(6-22-23)5-21-13(12(14)18)8-2-3-10(17)15-11(8)9(4-19)16(20)24-15/h2-3,5-6H,20H2,1H3. The Morgan fingerprint density at radius 3 is 2.83 bits per heavy atom. The maximum Gasteiger partial charge on any atom is 0.175 e. The number of hydrogen-bond donors (Lipinski definition) is 1. The lowest BCUT2D eigenvalue weighted by Gasteiger charge is -2.07. The van der Waals surface area contributed by atoms with E-state index < -0.39 is 11.6 Å². The molecule has 5 nitrogen and oxygen atoms in total. The van der Waals surface area contributed by atoms with E-state index in [9.17, 15) is 14.0 Å². The minimum atomic E-state index is -0.575. The van der Waals surface area contributed by atoms with Gasteiger partial charge in [-0.15, -0.1) is 11.3 Å². The number of nitrogens with zero attached hydrogens (tertiary/aromatic N) is 4. The first-order chi connectivity index (χ1) is 11.5. The summed E-state index contributed by atoms with van der Waals surface area (Å²) in [6, 6.07) is 4.61. The Morgan fingerprint density at radius 1 is 1.29 bits per heavy atom. The Hall–Kier alpha value is -3.05. The van der Waals surface area contributed by atoms with Gasteiger partial charge in [0.25, 0.3) is 0 Å². The molecule has 0 fully saturated rings. The first-order valence-corrected chi connectivity index (χ1v) is 7.71. The number of aryl methyl sites for hydroxylation is 1. The van der Waals surface area contributed by atoms with Gasteiger partial charge < -0.3 is 5.73 Å². The lowest BCUT2D eigenvalue weighted by molar-refractivity contribution is 0.624. The second kappa shape index (κ2) is 4.97. The van der Waals surface area contributed by atoms with Crippen molar-refractivity contribution in [2.75, 3.05) is 5.73 Å². The summed E-state index contributed by atoms with van der Waals surface area (Å²) in [5.41, 5.74) is 6.61. The predicted octanol–water partition coefficient (Wildman–Crippen LogP) is 3.58. The number of aromatic nitrogens is 3. The van der Waals surface area contributed by atoms with Gasteiger partial charge in [-0.2, -0.15) is 10.4 Å². The fraction of sp³-hybridized carbons (Fsp3) is 0.0625. The van der Waals surface area contributed by atoms with Crippen LogP contribution in [0.15, 0.2) is 24.5 Å². The van der Waals surface area contributed by atoms with Crippen LogP contribution in [-0.2, 0) is 7.05 Å². The largest absolute Gasteiger partial charge is 0.389 e. The van der Waals surface area contributed by atoms with Gasteiger partial charge in [0.2, 0.25) is 0 Å². The van der Waals surface area contributed by atoms with Gasteiger partial charge in [-0.1, -0.05) is 0 Å². The normalized spacial score (nSPS) is 11.2. The van der Waals surface area contributed by atoms with Crippen molar-refractivity contribution in [1.82, 2.24) is 14.8 Å². The van der Waals surface area contributed by atoms with Crippen LogP contribution in [0.1, 0.15) is 5.56 Å². The molecule has 3 aromatic heterocycles. The number of pyridine rings is 1. The zero-order chi connectivity index (χ0) is 17.0. The van der Waals surface area contributed by atoms with Crippen molar-refractivity contribution in [2.45, 2.75) is 0 Å². The van der Waals surface area contributed by atoms with Gasteiger partial charge in [-0.3, -0.25) is 9.67 Å². The molecule has 0 spiro atoms. The zero-order valence-corrected chi connectivity index (χ0v) is 13.2. The van der Waals surface area contributed by atoms with E-state index in [0.717, 1.165) is 11.3 Å².